The van der Waals surface area contributed by atoms with E-state index >= 15 is 0 Å². The minimum Gasteiger partial charge on any atom is -0.506 e. The monoisotopic (exact) mass is 660 g/mol. The number of amides is 2. The van der Waals surface area contributed by atoms with E-state index in [2.05, 4.69) is 43.2 Å². The third-order valence-corrected chi connectivity index (χ3v) is 11.2. The SMILES string of the molecule is CC(CC1CCC(C)(C)C1(C)C)OC(=O)C1CCCN1C(=O)C(Cc1c[nH]c2ccccc12)NC(=O)C(O)Cc1ccc(O)c(N=O)c1. The van der Waals surface area contributed by atoms with Gasteiger partial charge in [0.15, 0.2) is 0 Å². The molecule has 11 heteroatoms. The molecule has 2 heterocycles. The fourth-order valence-electron chi connectivity index (χ4n) is 7.46. The second-order valence-electron chi connectivity index (χ2n) is 14.8. The number of fused-ring (bicyclic) bond motifs is 1. The minimum atomic E-state index is -1.56. The molecule has 1 saturated carbocycles. The Morgan fingerprint density at radius 3 is 2.56 bits per heavy atom. The van der Waals surface area contributed by atoms with Crippen LogP contribution >= 0.6 is 0 Å². The van der Waals surface area contributed by atoms with Gasteiger partial charge in [-0.1, -0.05) is 52.0 Å². The lowest BCUT2D eigenvalue weighted by molar-refractivity contribution is -0.159. The molecule has 1 saturated heterocycles. The molecule has 48 heavy (non-hydrogen) atoms. The first-order chi connectivity index (χ1) is 22.7. The number of carbonyl (C=O) groups is 3. The lowest BCUT2D eigenvalue weighted by Gasteiger charge is -2.40. The molecule has 5 rings (SSSR count). The number of phenols is 1. The third-order valence-electron chi connectivity index (χ3n) is 11.2. The van der Waals surface area contributed by atoms with Crippen LogP contribution in [0.1, 0.15) is 77.8 Å². The predicted octanol–water partition coefficient (Wildman–Crippen LogP) is 5.68. The number of hydrogen-bond acceptors (Lipinski definition) is 8. The Morgan fingerprint density at radius 1 is 1.10 bits per heavy atom. The summed E-state index contributed by atoms with van der Waals surface area (Å²) in [5.74, 6) is -1.54. The molecule has 2 aromatic carbocycles. The number of aromatic hydroxyl groups is 1. The van der Waals surface area contributed by atoms with Crippen molar-refractivity contribution in [2.75, 3.05) is 6.54 Å². The number of aliphatic hydroxyl groups is 1. The Bertz CT molecular complexity index is 1660. The van der Waals surface area contributed by atoms with Crippen molar-refractivity contribution in [2.45, 2.75) is 104 Å². The number of aliphatic hydroxyl groups excluding tert-OH is 1. The van der Waals surface area contributed by atoms with E-state index in [1.807, 2.05) is 31.2 Å². The lowest BCUT2D eigenvalue weighted by atomic mass is 9.66. The second-order valence-corrected chi connectivity index (χ2v) is 14.8. The van der Waals surface area contributed by atoms with Gasteiger partial charge in [-0.3, -0.25) is 9.59 Å². The average molecular weight is 661 g/mol. The standard InChI is InChI=1S/C37H48N4O7/c1-22(17-25-14-15-36(2,3)37(25,4)5)48-35(46)30-11-8-16-41(30)34(45)29(20-24-21-38-27-10-7-6-9-26(24)27)39-33(44)32(43)19-23-12-13-31(42)28(18-23)40-47/h6-7,9-10,12-13,18,21-22,25,29-30,32,38,42-43H,8,11,14-17,19-20H2,1-5H3,(H,39,44). The number of hydrogen-bond donors (Lipinski definition) is 4. The average Bonchev–Trinajstić information content (AvgIpc) is 3.75. The maximum Gasteiger partial charge on any atom is 0.329 e. The minimum absolute atomic E-state index is 0.108. The zero-order valence-electron chi connectivity index (χ0n) is 28.5. The van der Waals surface area contributed by atoms with Crippen molar-refractivity contribution < 1.29 is 29.3 Å². The number of aromatic nitrogens is 1. The number of phenolic OH excluding ortho intramolecular Hbond substituents is 1. The summed E-state index contributed by atoms with van der Waals surface area (Å²) < 4.78 is 5.98. The van der Waals surface area contributed by atoms with Gasteiger partial charge in [0.1, 0.15) is 29.6 Å². The Balaban J connectivity index is 1.31. The summed E-state index contributed by atoms with van der Waals surface area (Å²) in [6, 6.07) is 9.82. The fourth-order valence-corrected chi connectivity index (χ4v) is 7.46. The predicted molar refractivity (Wildman–Crippen MR) is 182 cm³/mol. The maximum absolute atomic E-state index is 14.2. The lowest BCUT2D eigenvalue weighted by Crippen LogP contribution is -2.54. The van der Waals surface area contributed by atoms with E-state index in [-0.39, 0.29) is 41.2 Å². The Morgan fingerprint density at radius 2 is 1.85 bits per heavy atom. The number of aromatic amines is 1. The summed E-state index contributed by atoms with van der Waals surface area (Å²) in [5, 5.41) is 27.0. The molecule has 2 fully saturated rings. The van der Waals surface area contributed by atoms with E-state index in [0.29, 0.717) is 30.9 Å². The molecular weight excluding hydrogens is 612 g/mol. The van der Waals surface area contributed by atoms with Gasteiger partial charge in [-0.05, 0) is 90.3 Å². The van der Waals surface area contributed by atoms with E-state index in [9.17, 15) is 29.5 Å². The normalized spacial score (nSPS) is 21.8. The Kier molecular flexibility index (Phi) is 10.3. The van der Waals surface area contributed by atoms with Gasteiger partial charge in [0.25, 0.3) is 0 Å². The highest BCUT2D eigenvalue weighted by molar-refractivity contribution is 5.93. The van der Waals surface area contributed by atoms with E-state index in [1.54, 1.807) is 6.20 Å². The first-order valence-corrected chi connectivity index (χ1v) is 16.9. The first kappa shape index (κ1) is 35.1. The molecule has 3 aromatic rings. The van der Waals surface area contributed by atoms with Crippen LogP contribution in [0.2, 0.25) is 0 Å². The van der Waals surface area contributed by atoms with E-state index < -0.39 is 36.0 Å². The van der Waals surface area contributed by atoms with Crippen LogP contribution in [-0.4, -0.2) is 68.7 Å². The van der Waals surface area contributed by atoms with Crippen LogP contribution in [0.15, 0.2) is 53.8 Å². The topological polar surface area (TPSA) is 161 Å². The van der Waals surface area contributed by atoms with Gasteiger partial charge in [0.05, 0.1) is 6.10 Å². The van der Waals surface area contributed by atoms with Gasteiger partial charge < -0.3 is 30.2 Å². The van der Waals surface area contributed by atoms with Crippen molar-refractivity contribution in [3.63, 3.8) is 0 Å². The van der Waals surface area contributed by atoms with Crippen molar-refractivity contribution in [1.82, 2.24) is 15.2 Å². The van der Waals surface area contributed by atoms with Crippen molar-refractivity contribution >= 4 is 34.4 Å². The molecule has 5 atom stereocenters. The number of nitrogens with one attached hydrogen (secondary N) is 2. The van der Waals surface area contributed by atoms with Crippen LogP contribution in [0.5, 0.6) is 5.75 Å². The number of benzene rings is 2. The van der Waals surface area contributed by atoms with Crippen LogP contribution in [0.25, 0.3) is 10.9 Å². The molecule has 258 valence electrons. The van der Waals surface area contributed by atoms with E-state index in [0.717, 1.165) is 35.7 Å². The molecule has 2 amide bonds. The number of nitroso groups, excluding NO2 is 1. The molecule has 5 unspecified atom stereocenters. The van der Waals surface area contributed by atoms with Crippen LogP contribution in [0.3, 0.4) is 0 Å². The van der Waals surface area contributed by atoms with Gasteiger partial charge in [-0.25, -0.2) is 4.79 Å². The van der Waals surface area contributed by atoms with Crippen LogP contribution in [0, 0.1) is 21.7 Å². The zero-order valence-corrected chi connectivity index (χ0v) is 28.5. The molecule has 0 spiro atoms. The number of nitrogens with zero attached hydrogens (tertiary/aromatic N) is 2. The summed E-state index contributed by atoms with van der Waals surface area (Å²) in [7, 11) is 0. The van der Waals surface area contributed by atoms with Crippen molar-refractivity contribution in [1.29, 1.82) is 0 Å². The summed E-state index contributed by atoms with van der Waals surface area (Å²) >= 11 is 0. The number of esters is 1. The zero-order chi connectivity index (χ0) is 34.8. The van der Waals surface area contributed by atoms with Gasteiger partial charge >= 0.3 is 5.97 Å². The molecule has 1 aliphatic heterocycles. The number of ether oxygens (including phenoxy) is 1. The third kappa shape index (κ3) is 7.26. The molecule has 11 nitrogen and oxygen atoms in total. The van der Waals surface area contributed by atoms with Gasteiger partial charge in [-0.2, -0.15) is 0 Å². The van der Waals surface area contributed by atoms with Gasteiger partial charge in [0, 0.05) is 36.5 Å². The molecule has 0 radical (unpaired) electrons. The smallest absolute Gasteiger partial charge is 0.329 e. The van der Waals surface area contributed by atoms with Gasteiger partial charge in [-0.15, -0.1) is 4.91 Å². The molecule has 4 N–H and O–H groups in total. The highest BCUT2D eigenvalue weighted by Crippen LogP contribution is 2.57. The number of rotatable bonds is 12. The molecule has 1 aromatic heterocycles. The first-order valence-electron chi connectivity index (χ1n) is 16.9. The van der Waals surface area contributed by atoms with Crippen LogP contribution in [0.4, 0.5) is 5.69 Å². The summed E-state index contributed by atoms with van der Waals surface area (Å²) in [6.45, 7) is 11.4. The summed E-state index contributed by atoms with van der Waals surface area (Å²) in [5.41, 5.74) is 2.19. The molecule has 2 aliphatic rings. The van der Waals surface area contributed by atoms with Crippen molar-refractivity contribution in [2.24, 2.45) is 21.9 Å². The molecular formula is C37H48N4O7. The van der Waals surface area contributed by atoms with Crippen LogP contribution in [-0.2, 0) is 32.0 Å². The van der Waals surface area contributed by atoms with Crippen molar-refractivity contribution in [3.05, 3.63) is 64.7 Å². The maximum atomic E-state index is 14.2. The van der Waals surface area contributed by atoms with E-state index in [1.165, 1.54) is 23.1 Å². The highest BCUT2D eigenvalue weighted by atomic mass is 16.5. The number of likely N-dealkylation sites (tertiary alicyclic amines) is 1. The van der Waals surface area contributed by atoms with Gasteiger partial charge in [0.2, 0.25) is 11.8 Å². The summed E-state index contributed by atoms with van der Waals surface area (Å²) in [4.78, 5) is 56.9. The number of carbonyl (C=O) groups excluding carboxylic acids is 3. The van der Waals surface area contributed by atoms with E-state index in [4.69, 9.17) is 4.74 Å². The highest BCUT2D eigenvalue weighted by Gasteiger charge is 2.49. The Labute approximate surface area is 281 Å². The second kappa shape index (κ2) is 14.1. The van der Waals surface area contributed by atoms with Crippen LogP contribution < -0.4 is 5.32 Å². The molecule has 1 aliphatic carbocycles. The fraction of sp³-hybridized carbons (Fsp3) is 0.541. The largest absolute Gasteiger partial charge is 0.506 e. The summed E-state index contributed by atoms with van der Waals surface area (Å²) in [6.07, 6.45) is 3.93. The quantitative estimate of drug-likeness (QED) is 0.144. The number of para-hydroxylation sites is 1. The Hall–Kier alpha value is -4.25. The molecule has 0 bridgehead atoms. The number of H-pyrrole nitrogens is 1. The van der Waals surface area contributed by atoms with Crippen molar-refractivity contribution in [3.8, 4) is 5.75 Å².